The predicted molar refractivity (Wildman–Crippen MR) is 97.9 cm³/mol. The molecule has 0 aliphatic heterocycles. The maximum atomic E-state index is 12.2. The number of nitrogens with one attached hydrogen (secondary N) is 2. The molecule has 0 spiro atoms. The van der Waals surface area contributed by atoms with Gasteiger partial charge in [0.1, 0.15) is 12.0 Å². The molecule has 148 valence electrons. The van der Waals surface area contributed by atoms with Crippen LogP contribution in [0.4, 0.5) is 11.6 Å². The number of hydrogen-bond donors (Lipinski definition) is 4. The van der Waals surface area contributed by atoms with Crippen LogP contribution in [0.1, 0.15) is 12.6 Å². The molecule has 0 aliphatic carbocycles. The Balaban J connectivity index is 1.80. The van der Waals surface area contributed by atoms with Gasteiger partial charge < -0.3 is 9.84 Å². The van der Waals surface area contributed by atoms with E-state index in [0.29, 0.717) is 5.75 Å². The van der Waals surface area contributed by atoms with Gasteiger partial charge in [-0.25, -0.2) is 10.6 Å². The van der Waals surface area contributed by atoms with Crippen LogP contribution >= 0.6 is 0 Å². The van der Waals surface area contributed by atoms with E-state index in [1.807, 2.05) is 0 Å². The fourth-order valence-electron chi connectivity index (χ4n) is 2.67. The van der Waals surface area contributed by atoms with Gasteiger partial charge in [0.25, 0.3) is 11.2 Å². The second kappa shape index (κ2) is 7.50. The van der Waals surface area contributed by atoms with Crippen molar-refractivity contribution < 1.29 is 14.8 Å². The monoisotopic (exact) mass is 391 g/mol. The number of nitro benzene ring substituents is 1. The molecule has 0 bridgehead atoms. The number of fused-ring (bicyclic) bond motifs is 1. The van der Waals surface area contributed by atoms with Gasteiger partial charge in [-0.15, -0.1) is 0 Å². The molecule has 0 saturated heterocycles. The molecule has 1 atom stereocenters. The van der Waals surface area contributed by atoms with Crippen molar-refractivity contribution in [2.45, 2.75) is 12.6 Å². The molecule has 2 aromatic heterocycles. The fourth-order valence-corrected chi connectivity index (χ4v) is 2.67. The zero-order chi connectivity index (χ0) is 20.4. The van der Waals surface area contributed by atoms with E-state index < -0.39 is 22.4 Å². The lowest BCUT2D eigenvalue weighted by atomic mass is 10.3. The maximum absolute atomic E-state index is 12.2. The standard InChI is InChI=1S/C15H17N7O6/c1-20-12-11(13(24)18-15(20)25)21(14(17-12)19-16)10(23)6-7-28-9-4-2-8(3-5-9)22(26)27/h2-5,10,23H,6-7,16H2,1H3,(H,17,19)(H,18,24,25)/t10-/m0/s1. The number of benzene rings is 1. The first kappa shape index (κ1) is 19.1. The number of hydrogen-bond acceptors (Lipinski definition) is 9. The Morgan fingerprint density at radius 1 is 1.39 bits per heavy atom. The number of imidazole rings is 1. The minimum Gasteiger partial charge on any atom is -0.493 e. The van der Waals surface area contributed by atoms with Crippen molar-refractivity contribution in [2.75, 3.05) is 12.0 Å². The average molecular weight is 391 g/mol. The highest BCUT2D eigenvalue weighted by molar-refractivity contribution is 5.74. The number of ether oxygens (including phenoxy) is 1. The van der Waals surface area contributed by atoms with Gasteiger partial charge in [-0.1, -0.05) is 0 Å². The summed E-state index contributed by atoms with van der Waals surface area (Å²) < 4.78 is 7.74. The average Bonchev–Trinajstić information content (AvgIpc) is 3.07. The van der Waals surface area contributed by atoms with E-state index in [4.69, 9.17) is 10.6 Å². The number of aliphatic hydroxyl groups is 1. The van der Waals surface area contributed by atoms with E-state index >= 15 is 0 Å². The number of nitrogens with two attached hydrogens (primary N) is 1. The molecule has 2 heterocycles. The zero-order valence-corrected chi connectivity index (χ0v) is 14.7. The number of aromatic amines is 1. The number of aliphatic hydroxyl groups excluding tert-OH is 1. The summed E-state index contributed by atoms with van der Waals surface area (Å²) in [5.74, 6) is 5.79. The normalized spacial score (nSPS) is 12.1. The Bertz CT molecular complexity index is 1130. The third kappa shape index (κ3) is 3.43. The lowest BCUT2D eigenvalue weighted by Gasteiger charge is -2.16. The number of H-pyrrole nitrogens is 1. The molecule has 28 heavy (non-hydrogen) atoms. The first-order valence-corrected chi connectivity index (χ1v) is 8.06. The van der Waals surface area contributed by atoms with Crippen molar-refractivity contribution in [1.82, 2.24) is 19.1 Å². The molecule has 3 rings (SSSR count). The minimum absolute atomic E-state index is 0.00969. The molecule has 0 unspecified atom stereocenters. The first-order chi connectivity index (χ1) is 13.3. The lowest BCUT2D eigenvalue weighted by molar-refractivity contribution is -0.384. The number of nitro groups is 1. The quantitative estimate of drug-likeness (QED) is 0.236. The number of aryl methyl sites for hydroxylation is 1. The van der Waals surface area contributed by atoms with Crippen LogP contribution < -0.4 is 27.3 Å². The highest BCUT2D eigenvalue weighted by Gasteiger charge is 2.21. The summed E-state index contributed by atoms with van der Waals surface area (Å²) in [5.41, 5.74) is 0.867. The van der Waals surface area contributed by atoms with Gasteiger partial charge in [-0.05, 0) is 12.1 Å². The van der Waals surface area contributed by atoms with Crippen molar-refractivity contribution in [1.29, 1.82) is 0 Å². The van der Waals surface area contributed by atoms with E-state index in [9.17, 15) is 24.8 Å². The molecule has 0 aliphatic rings. The van der Waals surface area contributed by atoms with E-state index in [2.05, 4.69) is 15.4 Å². The molecule has 13 nitrogen and oxygen atoms in total. The number of rotatable bonds is 7. The summed E-state index contributed by atoms with van der Waals surface area (Å²) in [6, 6.07) is 5.46. The van der Waals surface area contributed by atoms with Crippen molar-refractivity contribution in [2.24, 2.45) is 12.9 Å². The van der Waals surface area contributed by atoms with Gasteiger partial charge in [0, 0.05) is 25.6 Å². The molecule has 0 saturated carbocycles. The SMILES string of the molecule is Cn1c(=O)[nH]c(=O)c2c1nc(NN)n2[C@@H](O)CCOc1ccc([N+](=O)[O-])cc1. The predicted octanol–water partition coefficient (Wildman–Crippen LogP) is -0.423. The molecule has 5 N–H and O–H groups in total. The smallest absolute Gasteiger partial charge is 0.329 e. The fraction of sp³-hybridized carbons (Fsp3) is 0.267. The van der Waals surface area contributed by atoms with Crippen molar-refractivity contribution in [3.8, 4) is 5.75 Å². The number of aromatic nitrogens is 4. The van der Waals surface area contributed by atoms with E-state index in [-0.39, 0.29) is 35.8 Å². The van der Waals surface area contributed by atoms with Crippen LogP contribution in [0.25, 0.3) is 11.2 Å². The van der Waals surface area contributed by atoms with E-state index in [1.165, 1.54) is 31.3 Å². The second-order valence-electron chi connectivity index (χ2n) is 5.81. The van der Waals surface area contributed by atoms with Crippen LogP contribution in [0.2, 0.25) is 0 Å². The topological polar surface area (TPSA) is 183 Å². The van der Waals surface area contributed by atoms with Gasteiger partial charge in [-0.2, -0.15) is 4.98 Å². The Hall–Kier alpha value is -3.71. The number of anilines is 1. The van der Waals surface area contributed by atoms with Crippen molar-refractivity contribution in [3.05, 3.63) is 55.2 Å². The van der Waals surface area contributed by atoms with Crippen molar-refractivity contribution in [3.63, 3.8) is 0 Å². The Morgan fingerprint density at radius 3 is 2.68 bits per heavy atom. The maximum Gasteiger partial charge on any atom is 0.329 e. The summed E-state index contributed by atoms with van der Waals surface area (Å²) >= 11 is 0. The molecular weight excluding hydrogens is 374 g/mol. The Labute approximate surface area is 156 Å². The van der Waals surface area contributed by atoms with Gasteiger partial charge >= 0.3 is 5.69 Å². The molecule has 3 aromatic rings. The summed E-state index contributed by atoms with van der Waals surface area (Å²) in [7, 11) is 1.42. The largest absolute Gasteiger partial charge is 0.493 e. The molecule has 0 radical (unpaired) electrons. The molecular formula is C15H17N7O6. The highest BCUT2D eigenvalue weighted by atomic mass is 16.6. The van der Waals surface area contributed by atoms with Crippen molar-refractivity contribution >= 4 is 22.8 Å². The Kier molecular flexibility index (Phi) is 5.10. The van der Waals surface area contributed by atoms with Crippen LogP contribution in [0.15, 0.2) is 33.9 Å². The summed E-state index contributed by atoms with van der Waals surface area (Å²) in [5, 5.41) is 21.2. The number of non-ortho nitro benzene ring substituents is 1. The second-order valence-corrected chi connectivity index (χ2v) is 5.81. The van der Waals surface area contributed by atoms with Crippen LogP contribution in [-0.2, 0) is 7.05 Å². The lowest BCUT2D eigenvalue weighted by Crippen LogP contribution is -2.30. The van der Waals surface area contributed by atoms with Crippen LogP contribution in [0.3, 0.4) is 0 Å². The summed E-state index contributed by atoms with van der Waals surface area (Å²) in [6.45, 7) is 0.0341. The zero-order valence-electron chi connectivity index (χ0n) is 14.7. The van der Waals surface area contributed by atoms with Crippen LogP contribution in [-0.4, -0.2) is 35.7 Å². The van der Waals surface area contributed by atoms with Crippen LogP contribution in [0.5, 0.6) is 5.75 Å². The van der Waals surface area contributed by atoms with Gasteiger partial charge in [0.2, 0.25) is 5.95 Å². The van der Waals surface area contributed by atoms with Gasteiger partial charge in [0.15, 0.2) is 11.2 Å². The first-order valence-electron chi connectivity index (χ1n) is 8.06. The van der Waals surface area contributed by atoms with Gasteiger partial charge in [0.05, 0.1) is 11.5 Å². The molecule has 0 fully saturated rings. The number of nitrogens with zero attached hydrogens (tertiary/aromatic N) is 4. The van der Waals surface area contributed by atoms with E-state index in [0.717, 1.165) is 9.13 Å². The number of hydrazine groups is 1. The summed E-state index contributed by atoms with van der Waals surface area (Å²) in [4.78, 5) is 40.2. The summed E-state index contributed by atoms with van der Waals surface area (Å²) in [6.07, 6.45) is -1.20. The van der Waals surface area contributed by atoms with Gasteiger partial charge in [-0.3, -0.25) is 34.5 Å². The molecule has 13 heteroatoms. The minimum atomic E-state index is -1.24. The third-order valence-electron chi connectivity index (χ3n) is 4.07. The van der Waals surface area contributed by atoms with Crippen LogP contribution in [0, 0.1) is 10.1 Å². The number of nitrogen functional groups attached to an aromatic ring is 1. The molecule has 1 aromatic carbocycles. The third-order valence-corrected chi connectivity index (χ3v) is 4.07. The molecule has 0 amide bonds. The Morgan fingerprint density at radius 2 is 2.07 bits per heavy atom. The highest BCUT2D eigenvalue weighted by Crippen LogP contribution is 2.22. The van der Waals surface area contributed by atoms with E-state index in [1.54, 1.807) is 0 Å².